The third-order valence-corrected chi connectivity index (χ3v) is 3.46. The van der Waals surface area contributed by atoms with E-state index in [-0.39, 0.29) is 4.88 Å². The highest BCUT2D eigenvalue weighted by Gasteiger charge is 2.30. The Morgan fingerprint density at radius 1 is 1.69 bits per heavy atom. The first kappa shape index (κ1) is 10.6. The molecule has 0 saturated heterocycles. The van der Waals surface area contributed by atoms with Crippen molar-refractivity contribution in [3.8, 4) is 0 Å². The SMILES string of the molecule is O=[N+]([O-])C(c1ccc(Cl)s1)S(=O)O. The smallest absolute Gasteiger partial charge is 0.301 e. The van der Waals surface area contributed by atoms with Gasteiger partial charge >= 0.3 is 5.37 Å². The minimum absolute atomic E-state index is 0.177. The fourth-order valence-electron chi connectivity index (χ4n) is 0.738. The van der Waals surface area contributed by atoms with Gasteiger partial charge in [-0.05, 0) is 12.1 Å². The van der Waals surface area contributed by atoms with Crippen LogP contribution in [0.1, 0.15) is 10.3 Å². The maximum absolute atomic E-state index is 10.6. The second-order valence-corrected chi connectivity index (χ2v) is 4.80. The molecule has 0 bridgehead atoms. The Hall–Kier alpha value is -0.500. The molecule has 1 aromatic rings. The normalized spacial score (nSPS) is 15.2. The van der Waals surface area contributed by atoms with E-state index in [1.165, 1.54) is 12.1 Å². The van der Waals surface area contributed by atoms with Gasteiger partial charge in [-0.3, -0.25) is 10.1 Å². The van der Waals surface area contributed by atoms with Crippen molar-refractivity contribution in [2.24, 2.45) is 0 Å². The number of hydrogen-bond acceptors (Lipinski definition) is 4. The van der Waals surface area contributed by atoms with Crippen LogP contribution in [0.3, 0.4) is 0 Å². The van der Waals surface area contributed by atoms with Crippen LogP contribution in [0.4, 0.5) is 0 Å². The van der Waals surface area contributed by atoms with Crippen LogP contribution in [0.2, 0.25) is 4.34 Å². The molecule has 0 spiro atoms. The first-order chi connectivity index (χ1) is 6.02. The lowest BCUT2D eigenvalue weighted by atomic mass is 10.5. The van der Waals surface area contributed by atoms with Gasteiger partial charge in [-0.25, -0.2) is 4.21 Å². The van der Waals surface area contributed by atoms with Gasteiger partial charge in [0.05, 0.1) is 9.21 Å². The Labute approximate surface area is 84.8 Å². The molecule has 72 valence electrons. The lowest BCUT2D eigenvalue weighted by Gasteiger charge is -2.00. The predicted octanol–water partition coefficient (Wildman–Crippen LogP) is 1.90. The largest absolute Gasteiger partial charge is 0.344 e. The third kappa shape index (κ3) is 2.47. The van der Waals surface area contributed by atoms with E-state index >= 15 is 0 Å². The zero-order chi connectivity index (χ0) is 10.0. The van der Waals surface area contributed by atoms with Crippen molar-refractivity contribution >= 4 is 34.0 Å². The van der Waals surface area contributed by atoms with Crippen LogP contribution in [-0.4, -0.2) is 13.7 Å². The maximum Gasteiger partial charge on any atom is 0.344 e. The molecule has 0 fully saturated rings. The molecule has 0 aliphatic carbocycles. The van der Waals surface area contributed by atoms with Gasteiger partial charge < -0.3 is 4.55 Å². The van der Waals surface area contributed by atoms with Gasteiger partial charge in [0.25, 0.3) is 0 Å². The Morgan fingerprint density at radius 2 is 2.31 bits per heavy atom. The molecule has 2 atom stereocenters. The van der Waals surface area contributed by atoms with Crippen molar-refractivity contribution in [3.05, 3.63) is 31.5 Å². The Bertz CT molecular complexity index is 338. The van der Waals surface area contributed by atoms with Crippen molar-refractivity contribution in [2.45, 2.75) is 5.37 Å². The lowest BCUT2D eigenvalue weighted by molar-refractivity contribution is -0.502. The van der Waals surface area contributed by atoms with Crippen molar-refractivity contribution in [1.82, 2.24) is 0 Å². The molecule has 0 saturated carbocycles. The lowest BCUT2D eigenvalue weighted by Crippen LogP contribution is -2.14. The molecule has 0 aromatic carbocycles. The van der Waals surface area contributed by atoms with Gasteiger partial charge in [-0.15, -0.1) is 11.3 Å². The summed E-state index contributed by atoms with van der Waals surface area (Å²) in [7, 11) is 0. The molecule has 0 aliphatic rings. The summed E-state index contributed by atoms with van der Waals surface area (Å²) in [4.78, 5) is 9.74. The summed E-state index contributed by atoms with van der Waals surface area (Å²) in [6.45, 7) is 0. The molecule has 8 heteroatoms. The molecule has 1 aromatic heterocycles. The molecule has 1 N–H and O–H groups in total. The van der Waals surface area contributed by atoms with Crippen LogP contribution in [0.5, 0.6) is 0 Å². The Kier molecular flexibility index (Phi) is 3.37. The second kappa shape index (κ2) is 4.14. The van der Waals surface area contributed by atoms with E-state index in [0.29, 0.717) is 4.34 Å². The molecule has 5 nitrogen and oxygen atoms in total. The number of rotatable bonds is 3. The molecule has 2 unspecified atom stereocenters. The van der Waals surface area contributed by atoms with Gasteiger partial charge in [0.2, 0.25) is 11.1 Å². The van der Waals surface area contributed by atoms with Crippen molar-refractivity contribution in [1.29, 1.82) is 0 Å². The fraction of sp³-hybridized carbons (Fsp3) is 0.200. The first-order valence-corrected chi connectivity index (χ1v) is 5.37. The predicted molar refractivity (Wildman–Crippen MR) is 49.8 cm³/mol. The molecule has 13 heavy (non-hydrogen) atoms. The van der Waals surface area contributed by atoms with E-state index < -0.39 is 21.4 Å². The molecule has 1 rings (SSSR count). The monoisotopic (exact) mass is 241 g/mol. The van der Waals surface area contributed by atoms with Crippen LogP contribution >= 0.6 is 22.9 Å². The highest BCUT2D eigenvalue weighted by atomic mass is 35.5. The van der Waals surface area contributed by atoms with Crippen molar-refractivity contribution in [2.75, 3.05) is 0 Å². The van der Waals surface area contributed by atoms with E-state index in [9.17, 15) is 14.3 Å². The minimum Gasteiger partial charge on any atom is -0.301 e. The highest BCUT2D eigenvalue weighted by molar-refractivity contribution is 7.79. The summed E-state index contributed by atoms with van der Waals surface area (Å²) in [5, 5.41) is 8.77. The highest BCUT2D eigenvalue weighted by Crippen LogP contribution is 2.29. The van der Waals surface area contributed by atoms with Gasteiger partial charge in [0, 0.05) is 4.92 Å². The number of hydrogen-bond donors (Lipinski definition) is 1. The van der Waals surface area contributed by atoms with E-state index in [1.807, 2.05) is 0 Å². The minimum atomic E-state index is -2.52. The van der Waals surface area contributed by atoms with Crippen LogP contribution < -0.4 is 0 Å². The van der Waals surface area contributed by atoms with Crippen LogP contribution in [0.15, 0.2) is 12.1 Å². The van der Waals surface area contributed by atoms with E-state index in [1.54, 1.807) is 0 Å². The van der Waals surface area contributed by atoms with E-state index in [0.717, 1.165) is 11.3 Å². The topological polar surface area (TPSA) is 80.4 Å². The summed E-state index contributed by atoms with van der Waals surface area (Å²) >= 11 is 3.93. The van der Waals surface area contributed by atoms with Crippen LogP contribution in [0, 0.1) is 10.1 Å². The zero-order valence-corrected chi connectivity index (χ0v) is 8.43. The standard InChI is InChI=1S/C5H4ClNO4S2/c6-4-2-1-3(12-4)5(7(8)9)13(10)11/h1-2,5H,(H,10,11). The summed E-state index contributed by atoms with van der Waals surface area (Å²) in [5.41, 5.74) is 0. The van der Waals surface area contributed by atoms with Crippen molar-refractivity contribution < 1.29 is 13.7 Å². The Morgan fingerprint density at radius 3 is 2.62 bits per heavy atom. The quantitative estimate of drug-likeness (QED) is 0.498. The van der Waals surface area contributed by atoms with Gasteiger partial charge in [0.1, 0.15) is 0 Å². The van der Waals surface area contributed by atoms with Crippen LogP contribution in [0.25, 0.3) is 0 Å². The van der Waals surface area contributed by atoms with Gasteiger partial charge in [-0.1, -0.05) is 11.6 Å². The first-order valence-electron chi connectivity index (χ1n) is 3.00. The van der Waals surface area contributed by atoms with Crippen LogP contribution in [-0.2, 0) is 11.1 Å². The van der Waals surface area contributed by atoms with Gasteiger partial charge in [-0.2, -0.15) is 0 Å². The number of halogens is 1. The van der Waals surface area contributed by atoms with Crippen molar-refractivity contribution in [3.63, 3.8) is 0 Å². The van der Waals surface area contributed by atoms with E-state index in [4.69, 9.17) is 16.2 Å². The molecule has 1 heterocycles. The summed E-state index contributed by atoms with van der Waals surface area (Å²) in [6, 6.07) is 2.82. The molecule has 0 radical (unpaired) electrons. The molecular formula is C5H4ClNO4S2. The van der Waals surface area contributed by atoms with E-state index in [2.05, 4.69) is 0 Å². The summed E-state index contributed by atoms with van der Waals surface area (Å²) < 4.78 is 19.6. The zero-order valence-electron chi connectivity index (χ0n) is 6.05. The second-order valence-electron chi connectivity index (χ2n) is 2.06. The summed E-state index contributed by atoms with van der Waals surface area (Å²) in [5.74, 6) is 0. The molecule has 0 amide bonds. The average Bonchev–Trinajstić information content (AvgIpc) is 2.34. The number of thiophene rings is 1. The number of nitrogens with zero attached hydrogens (tertiary/aromatic N) is 1. The molecular weight excluding hydrogens is 238 g/mol. The molecule has 0 aliphatic heterocycles. The fourth-order valence-corrected chi connectivity index (χ4v) is 2.57. The summed E-state index contributed by atoms with van der Waals surface area (Å²) in [6.07, 6.45) is 0. The average molecular weight is 242 g/mol. The van der Waals surface area contributed by atoms with Gasteiger partial charge in [0.15, 0.2) is 0 Å². The maximum atomic E-state index is 10.6. The third-order valence-electron chi connectivity index (χ3n) is 1.22. The number of nitro groups is 1. The Balaban J connectivity index is 3.02.